The molecule has 5 nitrogen and oxygen atoms in total. The number of benzene rings is 1. The Labute approximate surface area is 136 Å². The molecule has 2 aromatic rings. The van der Waals surface area contributed by atoms with Crippen molar-refractivity contribution in [1.82, 2.24) is 9.88 Å². The number of β-amino-alcohol motifs (C(OH)–C–C–N with tert-alkyl or cyclic N) is 1. The Morgan fingerprint density at radius 2 is 2.12 bits per heavy atom. The molecule has 0 saturated carbocycles. The van der Waals surface area contributed by atoms with Gasteiger partial charge in [-0.2, -0.15) is 5.26 Å². The molecule has 3 rings (SSSR count). The van der Waals surface area contributed by atoms with E-state index in [4.69, 9.17) is 5.26 Å². The van der Waals surface area contributed by atoms with Gasteiger partial charge in [0.2, 0.25) is 0 Å². The number of nitrogens with zero attached hydrogens (tertiary/aromatic N) is 3. The number of nitriles is 1. The average Bonchev–Trinajstić information content (AvgIpc) is 2.98. The molecule has 2 atom stereocenters. The number of carbonyl (C=O) groups is 1. The first-order valence-electron chi connectivity index (χ1n) is 7.29. The smallest absolute Gasteiger partial charge is 0.254 e. The molecule has 122 valence electrons. The minimum absolute atomic E-state index is 0.00363. The first kappa shape index (κ1) is 16.0. The van der Waals surface area contributed by atoms with Crippen molar-refractivity contribution in [2.45, 2.75) is 18.6 Å². The minimum Gasteiger partial charge on any atom is -0.391 e. The second kappa shape index (κ2) is 6.34. The molecule has 2 heterocycles. The molecule has 1 aliphatic heterocycles. The number of rotatable bonds is 2. The zero-order chi connectivity index (χ0) is 17.3. The van der Waals surface area contributed by atoms with E-state index in [1.165, 1.54) is 23.2 Å². The van der Waals surface area contributed by atoms with E-state index in [0.717, 1.165) is 18.2 Å². The molecule has 0 spiro atoms. The number of aliphatic hydroxyl groups excluding tert-OH is 1. The molecular formula is C17H13F2N3O2. The summed E-state index contributed by atoms with van der Waals surface area (Å²) in [6, 6.07) is 6.86. The van der Waals surface area contributed by atoms with Crippen LogP contribution in [0.5, 0.6) is 0 Å². The number of pyridine rings is 1. The van der Waals surface area contributed by atoms with Gasteiger partial charge < -0.3 is 10.0 Å². The Morgan fingerprint density at radius 3 is 2.88 bits per heavy atom. The van der Waals surface area contributed by atoms with Crippen molar-refractivity contribution in [2.75, 3.05) is 6.54 Å². The van der Waals surface area contributed by atoms with Gasteiger partial charge in [0.1, 0.15) is 23.4 Å². The number of halogens is 2. The van der Waals surface area contributed by atoms with Crippen molar-refractivity contribution in [3.63, 3.8) is 0 Å². The lowest BCUT2D eigenvalue weighted by molar-refractivity contribution is 0.0713. The molecule has 1 aromatic carbocycles. The maximum atomic E-state index is 14.1. The van der Waals surface area contributed by atoms with Crippen LogP contribution in [0.4, 0.5) is 8.78 Å². The van der Waals surface area contributed by atoms with E-state index in [-0.39, 0.29) is 29.8 Å². The monoisotopic (exact) mass is 329 g/mol. The third-order valence-corrected chi connectivity index (χ3v) is 3.98. The van der Waals surface area contributed by atoms with Gasteiger partial charge in [0.25, 0.3) is 5.91 Å². The van der Waals surface area contributed by atoms with Crippen LogP contribution in [0.25, 0.3) is 0 Å². The molecule has 0 unspecified atom stereocenters. The van der Waals surface area contributed by atoms with Crippen LogP contribution in [0.2, 0.25) is 0 Å². The van der Waals surface area contributed by atoms with E-state index in [1.54, 1.807) is 0 Å². The van der Waals surface area contributed by atoms with Crippen LogP contribution in [0.3, 0.4) is 0 Å². The minimum atomic E-state index is -0.834. The highest BCUT2D eigenvalue weighted by Gasteiger charge is 2.37. The Hall–Kier alpha value is -2.85. The lowest BCUT2D eigenvalue weighted by atomic mass is 10.0. The molecule has 1 saturated heterocycles. The first-order valence-corrected chi connectivity index (χ1v) is 7.29. The molecule has 0 aliphatic carbocycles. The van der Waals surface area contributed by atoms with Crippen molar-refractivity contribution < 1.29 is 18.7 Å². The number of amides is 1. The van der Waals surface area contributed by atoms with Crippen molar-refractivity contribution >= 4 is 5.91 Å². The molecule has 1 aromatic heterocycles. The molecule has 1 fully saturated rings. The van der Waals surface area contributed by atoms with Crippen LogP contribution in [-0.4, -0.2) is 33.5 Å². The van der Waals surface area contributed by atoms with Gasteiger partial charge in [0.05, 0.1) is 12.1 Å². The van der Waals surface area contributed by atoms with Crippen molar-refractivity contribution in [1.29, 1.82) is 5.26 Å². The van der Waals surface area contributed by atoms with Crippen LogP contribution >= 0.6 is 0 Å². The topological polar surface area (TPSA) is 77.2 Å². The van der Waals surface area contributed by atoms with Crippen molar-refractivity contribution in [3.8, 4) is 6.07 Å². The van der Waals surface area contributed by atoms with E-state index in [9.17, 15) is 18.7 Å². The van der Waals surface area contributed by atoms with Gasteiger partial charge in [0, 0.05) is 23.9 Å². The van der Waals surface area contributed by atoms with Gasteiger partial charge in [-0.1, -0.05) is 0 Å². The summed E-state index contributed by atoms with van der Waals surface area (Å²) in [6.45, 7) is 0.00363. The maximum Gasteiger partial charge on any atom is 0.254 e. The number of carbonyl (C=O) groups excluding carboxylic acids is 1. The van der Waals surface area contributed by atoms with Gasteiger partial charge >= 0.3 is 0 Å². The summed E-state index contributed by atoms with van der Waals surface area (Å²) >= 11 is 0. The van der Waals surface area contributed by atoms with Crippen LogP contribution < -0.4 is 0 Å². The Morgan fingerprint density at radius 1 is 1.33 bits per heavy atom. The first-order chi connectivity index (χ1) is 11.5. The number of hydrogen-bond donors (Lipinski definition) is 1. The highest BCUT2D eigenvalue weighted by molar-refractivity contribution is 5.95. The van der Waals surface area contributed by atoms with Gasteiger partial charge in [-0.3, -0.25) is 4.79 Å². The van der Waals surface area contributed by atoms with Gasteiger partial charge in [-0.25, -0.2) is 13.8 Å². The molecule has 0 radical (unpaired) electrons. The molecular weight excluding hydrogens is 316 g/mol. The lowest BCUT2D eigenvalue weighted by Crippen LogP contribution is -2.32. The van der Waals surface area contributed by atoms with Crippen LogP contribution in [0.15, 0.2) is 36.5 Å². The Bertz CT molecular complexity index is 835. The fourth-order valence-electron chi connectivity index (χ4n) is 2.89. The molecule has 1 N–H and O–H groups in total. The van der Waals surface area contributed by atoms with Crippen LogP contribution in [0.1, 0.15) is 34.1 Å². The zero-order valence-corrected chi connectivity index (χ0v) is 12.5. The summed E-state index contributed by atoms with van der Waals surface area (Å²) in [5, 5.41) is 18.8. The standard InChI is InChI=1S/C17H13F2N3O2/c18-11-1-2-15(19)14(6-11)16-7-13(23)9-22(16)17(24)10-3-4-21-12(5-10)8-20/h1-6,13,16,23H,7,9H2/t13-,16-/m1/s1. The molecule has 0 bridgehead atoms. The highest BCUT2D eigenvalue weighted by atomic mass is 19.1. The Kier molecular flexibility index (Phi) is 4.23. The molecule has 1 aliphatic rings. The number of likely N-dealkylation sites (tertiary alicyclic amines) is 1. The summed E-state index contributed by atoms with van der Waals surface area (Å²) in [7, 11) is 0. The van der Waals surface area contributed by atoms with Gasteiger partial charge in [-0.05, 0) is 36.8 Å². The molecule has 24 heavy (non-hydrogen) atoms. The number of aromatic nitrogens is 1. The lowest BCUT2D eigenvalue weighted by Gasteiger charge is -2.25. The second-order valence-electron chi connectivity index (χ2n) is 5.57. The summed E-state index contributed by atoms with van der Waals surface area (Å²) < 4.78 is 27.5. The normalized spacial score (nSPS) is 20.0. The summed E-state index contributed by atoms with van der Waals surface area (Å²) in [6.07, 6.45) is 0.608. The summed E-state index contributed by atoms with van der Waals surface area (Å²) in [5.41, 5.74) is 0.306. The number of aliphatic hydroxyl groups is 1. The summed E-state index contributed by atoms with van der Waals surface area (Å²) in [4.78, 5) is 17.8. The fourth-order valence-corrected chi connectivity index (χ4v) is 2.89. The predicted molar refractivity (Wildman–Crippen MR) is 79.7 cm³/mol. The quantitative estimate of drug-likeness (QED) is 0.916. The predicted octanol–water partition coefficient (Wildman–Crippen LogP) is 2.18. The van der Waals surface area contributed by atoms with Crippen LogP contribution in [0, 0.1) is 23.0 Å². The van der Waals surface area contributed by atoms with Crippen molar-refractivity contribution in [3.05, 3.63) is 65.0 Å². The van der Waals surface area contributed by atoms with E-state index in [1.807, 2.05) is 6.07 Å². The largest absolute Gasteiger partial charge is 0.391 e. The average molecular weight is 329 g/mol. The van der Waals surface area contributed by atoms with Gasteiger partial charge in [0.15, 0.2) is 0 Å². The molecule has 1 amide bonds. The van der Waals surface area contributed by atoms with E-state index in [0.29, 0.717) is 0 Å². The van der Waals surface area contributed by atoms with Crippen LogP contribution in [-0.2, 0) is 0 Å². The SMILES string of the molecule is N#Cc1cc(C(=O)N2C[C@H](O)C[C@@H]2c2cc(F)ccc2F)ccn1. The zero-order valence-electron chi connectivity index (χ0n) is 12.5. The summed E-state index contributed by atoms with van der Waals surface area (Å²) in [5.74, 6) is -1.73. The molecule has 7 heteroatoms. The van der Waals surface area contributed by atoms with Crippen molar-refractivity contribution in [2.24, 2.45) is 0 Å². The van der Waals surface area contributed by atoms with Gasteiger partial charge in [-0.15, -0.1) is 0 Å². The maximum absolute atomic E-state index is 14.1. The number of hydrogen-bond acceptors (Lipinski definition) is 4. The third-order valence-electron chi connectivity index (χ3n) is 3.98. The third kappa shape index (κ3) is 2.96. The van der Waals surface area contributed by atoms with E-state index >= 15 is 0 Å². The second-order valence-corrected chi connectivity index (χ2v) is 5.57. The van der Waals surface area contributed by atoms with E-state index in [2.05, 4.69) is 4.98 Å². The van der Waals surface area contributed by atoms with E-state index < -0.39 is 29.7 Å². The Balaban J connectivity index is 1.97. The highest BCUT2D eigenvalue weighted by Crippen LogP contribution is 2.35. The fraction of sp³-hybridized carbons (Fsp3) is 0.235.